The number of fused-ring (bicyclic) bond motifs is 1. The molecule has 134 valence electrons. The molecular formula is C21H24N4O. The number of aromatic amines is 1. The van der Waals surface area contributed by atoms with E-state index in [1.165, 1.54) is 24.9 Å². The van der Waals surface area contributed by atoms with Gasteiger partial charge in [-0.05, 0) is 54.7 Å². The van der Waals surface area contributed by atoms with Crippen LogP contribution < -0.4 is 10.2 Å². The van der Waals surface area contributed by atoms with Crippen molar-refractivity contribution in [3.05, 3.63) is 59.9 Å². The highest BCUT2D eigenvalue weighted by atomic mass is 16.1. The third-order valence-electron chi connectivity index (χ3n) is 5.04. The summed E-state index contributed by atoms with van der Waals surface area (Å²) in [6.45, 7) is 2.85. The molecule has 5 nitrogen and oxygen atoms in total. The van der Waals surface area contributed by atoms with Crippen LogP contribution >= 0.6 is 0 Å². The van der Waals surface area contributed by atoms with Gasteiger partial charge in [-0.3, -0.25) is 4.79 Å². The highest BCUT2D eigenvalue weighted by Crippen LogP contribution is 2.20. The average molecular weight is 348 g/mol. The summed E-state index contributed by atoms with van der Waals surface area (Å²) in [4.78, 5) is 22.1. The fourth-order valence-electron chi connectivity index (χ4n) is 3.57. The first-order chi connectivity index (χ1) is 12.8. The lowest BCUT2D eigenvalue weighted by Gasteiger charge is -2.28. The number of hydrogen-bond acceptors (Lipinski definition) is 3. The van der Waals surface area contributed by atoms with E-state index in [4.69, 9.17) is 0 Å². The number of piperidine rings is 1. The second-order valence-corrected chi connectivity index (χ2v) is 6.88. The third kappa shape index (κ3) is 3.72. The highest BCUT2D eigenvalue weighted by molar-refractivity contribution is 5.87. The zero-order valence-electron chi connectivity index (χ0n) is 14.9. The molecule has 3 heterocycles. The van der Waals surface area contributed by atoms with Gasteiger partial charge in [0.2, 0.25) is 5.91 Å². The molecule has 1 aliphatic rings. The summed E-state index contributed by atoms with van der Waals surface area (Å²) in [7, 11) is 0. The molecule has 1 aromatic carbocycles. The summed E-state index contributed by atoms with van der Waals surface area (Å²) in [5.41, 5.74) is 4.21. The predicted octanol–water partition coefficient (Wildman–Crippen LogP) is 3.41. The standard InChI is InChI=1S/C21H24N4O/c26-20(13-17-15-24-21-19(17)5-4-10-22-21)23-14-16-6-8-18(9-7-16)25-11-2-1-3-12-25/h4-10,15H,1-3,11-14H2,(H,22,24)(H,23,26). The summed E-state index contributed by atoms with van der Waals surface area (Å²) in [5.74, 6) is 0.0230. The molecule has 2 aromatic heterocycles. The summed E-state index contributed by atoms with van der Waals surface area (Å²) < 4.78 is 0. The minimum absolute atomic E-state index is 0.0230. The average Bonchev–Trinajstić information content (AvgIpc) is 3.10. The molecule has 1 fully saturated rings. The Balaban J connectivity index is 1.32. The number of benzene rings is 1. The summed E-state index contributed by atoms with van der Waals surface area (Å²) in [6, 6.07) is 12.4. The van der Waals surface area contributed by atoms with Crippen molar-refractivity contribution in [3.8, 4) is 0 Å². The second-order valence-electron chi connectivity index (χ2n) is 6.88. The SMILES string of the molecule is O=C(Cc1c[nH]c2ncccc12)NCc1ccc(N2CCCCC2)cc1. The highest BCUT2D eigenvalue weighted by Gasteiger charge is 2.11. The largest absolute Gasteiger partial charge is 0.372 e. The van der Waals surface area contributed by atoms with E-state index in [2.05, 4.69) is 44.5 Å². The monoisotopic (exact) mass is 348 g/mol. The Morgan fingerprint density at radius 1 is 1.12 bits per heavy atom. The molecular weight excluding hydrogens is 324 g/mol. The van der Waals surface area contributed by atoms with Gasteiger partial charge in [-0.1, -0.05) is 12.1 Å². The molecule has 0 saturated carbocycles. The molecule has 2 N–H and O–H groups in total. The number of amides is 1. The van der Waals surface area contributed by atoms with Gasteiger partial charge in [-0.2, -0.15) is 0 Å². The van der Waals surface area contributed by atoms with E-state index >= 15 is 0 Å². The number of nitrogens with zero attached hydrogens (tertiary/aromatic N) is 2. The van der Waals surface area contributed by atoms with Gasteiger partial charge in [0.05, 0.1) is 6.42 Å². The maximum atomic E-state index is 12.3. The number of anilines is 1. The van der Waals surface area contributed by atoms with Crippen LogP contribution in [-0.2, 0) is 17.8 Å². The molecule has 1 amide bonds. The van der Waals surface area contributed by atoms with Gasteiger partial charge >= 0.3 is 0 Å². The van der Waals surface area contributed by atoms with E-state index in [1.807, 2.05) is 18.3 Å². The number of H-pyrrole nitrogens is 1. The molecule has 3 aromatic rings. The lowest BCUT2D eigenvalue weighted by Crippen LogP contribution is -2.29. The van der Waals surface area contributed by atoms with E-state index in [9.17, 15) is 4.79 Å². The van der Waals surface area contributed by atoms with Crippen LogP contribution in [-0.4, -0.2) is 29.0 Å². The number of hydrogen-bond donors (Lipinski definition) is 2. The summed E-state index contributed by atoms with van der Waals surface area (Å²) in [5, 5.41) is 4.02. The lowest BCUT2D eigenvalue weighted by atomic mass is 10.1. The van der Waals surface area contributed by atoms with Gasteiger partial charge in [0.25, 0.3) is 0 Å². The van der Waals surface area contributed by atoms with Gasteiger partial charge in [0, 0.05) is 43.1 Å². The van der Waals surface area contributed by atoms with Crippen LogP contribution in [0.3, 0.4) is 0 Å². The Morgan fingerprint density at radius 2 is 1.92 bits per heavy atom. The molecule has 0 spiro atoms. The topological polar surface area (TPSA) is 61.0 Å². The molecule has 0 unspecified atom stereocenters. The van der Waals surface area contributed by atoms with Crippen molar-refractivity contribution in [2.45, 2.75) is 32.2 Å². The van der Waals surface area contributed by atoms with Crippen LogP contribution in [0.1, 0.15) is 30.4 Å². The number of rotatable bonds is 5. The maximum absolute atomic E-state index is 12.3. The summed E-state index contributed by atoms with van der Waals surface area (Å²) >= 11 is 0. The number of pyridine rings is 1. The molecule has 0 atom stereocenters. The number of nitrogens with one attached hydrogen (secondary N) is 2. The maximum Gasteiger partial charge on any atom is 0.224 e. The normalized spacial score (nSPS) is 14.5. The van der Waals surface area contributed by atoms with Crippen molar-refractivity contribution >= 4 is 22.6 Å². The second kappa shape index (κ2) is 7.60. The fraction of sp³-hybridized carbons (Fsp3) is 0.333. The van der Waals surface area contributed by atoms with E-state index in [1.54, 1.807) is 6.20 Å². The van der Waals surface area contributed by atoms with Crippen molar-refractivity contribution in [2.24, 2.45) is 0 Å². The first-order valence-electron chi connectivity index (χ1n) is 9.31. The third-order valence-corrected chi connectivity index (χ3v) is 5.04. The number of carbonyl (C=O) groups is 1. The van der Waals surface area contributed by atoms with Gasteiger partial charge in [0.15, 0.2) is 0 Å². The Kier molecular flexibility index (Phi) is 4.86. The molecule has 4 rings (SSSR count). The molecule has 26 heavy (non-hydrogen) atoms. The predicted molar refractivity (Wildman–Crippen MR) is 104 cm³/mol. The van der Waals surface area contributed by atoms with Crippen molar-refractivity contribution in [1.82, 2.24) is 15.3 Å². The Morgan fingerprint density at radius 3 is 2.73 bits per heavy atom. The minimum Gasteiger partial charge on any atom is -0.372 e. The molecule has 0 bridgehead atoms. The lowest BCUT2D eigenvalue weighted by molar-refractivity contribution is -0.120. The Labute approximate surface area is 153 Å². The molecule has 0 radical (unpaired) electrons. The molecule has 1 saturated heterocycles. The van der Waals surface area contributed by atoms with Crippen molar-refractivity contribution < 1.29 is 4.79 Å². The zero-order chi connectivity index (χ0) is 17.8. The fourth-order valence-corrected chi connectivity index (χ4v) is 3.57. The van der Waals surface area contributed by atoms with Gasteiger partial charge in [0.1, 0.15) is 5.65 Å². The minimum atomic E-state index is 0.0230. The number of carbonyl (C=O) groups excluding carboxylic acids is 1. The van der Waals surface area contributed by atoms with Crippen LogP contribution in [0, 0.1) is 0 Å². The molecule has 5 heteroatoms. The Hall–Kier alpha value is -2.82. The molecule has 0 aliphatic carbocycles. The number of aromatic nitrogens is 2. The van der Waals surface area contributed by atoms with Crippen LogP contribution in [0.2, 0.25) is 0 Å². The van der Waals surface area contributed by atoms with Crippen molar-refractivity contribution in [1.29, 1.82) is 0 Å². The van der Waals surface area contributed by atoms with Crippen LogP contribution in [0.4, 0.5) is 5.69 Å². The first-order valence-corrected chi connectivity index (χ1v) is 9.31. The first kappa shape index (κ1) is 16.6. The van der Waals surface area contributed by atoms with Gasteiger partial charge < -0.3 is 15.2 Å². The van der Waals surface area contributed by atoms with Crippen LogP contribution in [0.25, 0.3) is 11.0 Å². The van der Waals surface area contributed by atoms with Crippen LogP contribution in [0.5, 0.6) is 0 Å². The quantitative estimate of drug-likeness (QED) is 0.743. The van der Waals surface area contributed by atoms with Crippen molar-refractivity contribution in [2.75, 3.05) is 18.0 Å². The van der Waals surface area contributed by atoms with E-state index in [0.29, 0.717) is 13.0 Å². The van der Waals surface area contributed by atoms with E-state index < -0.39 is 0 Å². The Bertz CT molecular complexity index is 878. The van der Waals surface area contributed by atoms with Gasteiger partial charge in [-0.15, -0.1) is 0 Å². The van der Waals surface area contributed by atoms with E-state index in [-0.39, 0.29) is 5.91 Å². The molecule has 1 aliphatic heterocycles. The van der Waals surface area contributed by atoms with Gasteiger partial charge in [-0.25, -0.2) is 4.98 Å². The van der Waals surface area contributed by atoms with Crippen LogP contribution in [0.15, 0.2) is 48.8 Å². The zero-order valence-corrected chi connectivity index (χ0v) is 14.9. The van der Waals surface area contributed by atoms with Crippen molar-refractivity contribution in [3.63, 3.8) is 0 Å². The summed E-state index contributed by atoms with van der Waals surface area (Å²) in [6.07, 6.45) is 7.87. The van der Waals surface area contributed by atoms with E-state index in [0.717, 1.165) is 35.2 Å². The smallest absolute Gasteiger partial charge is 0.224 e.